The number of phenols is 1. The largest absolute Gasteiger partial charge is 0.506 e. The molecule has 0 heterocycles. The minimum Gasteiger partial charge on any atom is -0.506 e. The van der Waals surface area contributed by atoms with Gasteiger partial charge in [0.2, 0.25) is 0 Å². The highest BCUT2D eigenvalue weighted by atomic mass is 79.9. The Bertz CT molecular complexity index is 341. The Labute approximate surface area is 91.1 Å². The lowest BCUT2D eigenvalue weighted by Crippen LogP contribution is -2.18. The quantitative estimate of drug-likeness (QED) is 0.860. The van der Waals surface area contributed by atoms with Gasteiger partial charge in [-0.25, -0.2) is 4.39 Å². The first-order valence-corrected chi connectivity index (χ1v) is 5.17. The zero-order chi connectivity index (χ0) is 10.9. The predicted molar refractivity (Wildman–Crippen MR) is 57.5 cm³/mol. The molecule has 0 fully saturated rings. The van der Waals surface area contributed by atoms with Gasteiger partial charge in [0.15, 0.2) is 0 Å². The van der Waals surface area contributed by atoms with Gasteiger partial charge >= 0.3 is 0 Å². The van der Waals surface area contributed by atoms with Crippen molar-refractivity contribution in [2.24, 2.45) is 11.7 Å². The molecule has 1 aromatic rings. The summed E-state index contributed by atoms with van der Waals surface area (Å²) in [6.07, 6.45) is 0. The number of halogens is 2. The Kier molecular flexibility index (Phi) is 3.50. The second kappa shape index (κ2) is 4.28. The van der Waals surface area contributed by atoms with Gasteiger partial charge in [0.25, 0.3) is 0 Å². The molecular weight excluding hydrogens is 249 g/mol. The van der Waals surface area contributed by atoms with Crippen molar-refractivity contribution in [3.05, 3.63) is 28.0 Å². The molecule has 1 atom stereocenters. The molecule has 0 aliphatic rings. The van der Waals surface area contributed by atoms with E-state index in [1.807, 2.05) is 13.8 Å². The molecule has 0 bridgehead atoms. The fraction of sp³-hybridized carbons (Fsp3) is 0.400. The van der Waals surface area contributed by atoms with Crippen LogP contribution in [0.1, 0.15) is 25.5 Å². The summed E-state index contributed by atoms with van der Waals surface area (Å²) in [5.41, 5.74) is 5.96. The van der Waals surface area contributed by atoms with Crippen molar-refractivity contribution in [3.63, 3.8) is 0 Å². The van der Waals surface area contributed by atoms with Crippen LogP contribution in [0, 0.1) is 11.7 Å². The van der Waals surface area contributed by atoms with E-state index in [0.717, 1.165) is 0 Å². The van der Waals surface area contributed by atoms with Gasteiger partial charge in [0.05, 0.1) is 4.47 Å². The minimum atomic E-state index is -0.493. The molecule has 0 amide bonds. The average Bonchev–Trinajstić information content (AvgIpc) is 2.12. The molecule has 2 nitrogen and oxygen atoms in total. The lowest BCUT2D eigenvalue weighted by molar-refractivity contribution is 0.420. The topological polar surface area (TPSA) is 46.2 Å². The Hall–Kier alpha value is -0.610. The van der Waals surface area contributed by atoms with E-state index in [-0.39, 0.29) is 17.2 Å². The van der Waals surface area contributed by atoms with Crippen LogP contribution >= 0.6 is 15.9 Å². The van der Waals surface area contributed by atoms with Crippen LogP contribution in [0.4, 0.5) is 4.39 Å². The summed E-state index contributed by atoms with van der Waals surface area (Å²) in [7, 11) is 0. The molecule has 0 unspecified atom stereocenters. The van der Waals surface area contributed by atoms with Gasteiger partial charge in [-0.2, -0.15) is 0 Å². The zero-order valence-corrected chi connectivity index (χ0v) is 9.68. The molecule has 4 heteroatoms. The van der Waals surface area contributed by atoms with Gasteiger partial charge in [-0.1, -0.05) is 13.8 Å². The van der Waals surface area contributed by atoms with E-state index < -0.39 is 11.9 Å². The standard InChI is InChI=1S/C10H13BrFNO/c1-5(2)9(13)8-7(12)4-3-6(11)10(8)14/h3-5,9,14H,13H2,1-2H3/t9-/m1/s1. The molecule has 1 rings (SSSR count). The van der Waals surface area contributed by atoms with Crippen molar-refractivity contribution in [1.29, 1.82) is 0 Å². The normalized spacial score (nSPS) is 13.3. The second-order valence-corrected chi connectivity index (χ2v) is 4.42. The molecule has 0 aliphatic carbocycles. The molecule has 14 heavy (non-hydrogen) atoms. The van der Waals surface area contributed by atoms with E-state index in [4.69, 9.17) is 5.73 Å². The van der Waals surface area contributed by atoms with E-state index in [2.05, 4.69) is 15.9 Å². The van der Waals surface area contributed by atoms with Crippen molar-refractivity contribution in [2.45, 2.75) is 19.9 Å². The number of hydrogen-bond acceptors (Lipinski definition) is 2. The van der Waals surface area contributed by atoms with Crippen molar-refractivity contribution < 1.29 is 9.50 Å². The number of phenolic OH excluding ortho intramolecular Hbond substituents is 1. The van der Waals surface area contributed by atoms with Crippen LogP contribution in [0.15, 0.2) is 16.6 Å². The van der Waals surface area contributed by atoms with Crippen LogP contribution in [-0.2, 0) is 0 Å². The molecule has 0 aromatic heterocycles. The zero-order valence-electron chi connectivity index (χ0n) is 8.09. The fourth-order valence-corrected chi connectivity index (χ4v) is 1.55. The molecule has 0 saturated carbocycles. The molecule has 0 radical (unpaired) electrons. The Morgan fingerprint density at radius 1 is 1.43 bits per heavy atom. The summed E-state index contributed by atoms with van der Waals surface area (Å²) in [4.78, 5) is 0. The lowest BCUT2D eigenvalue weighted by atomic mass is 9.96. The third kappa shape index (κ3) is 2.07. The Morgan fingerprint density at radius 3 is 2.50 bits per heavy atom. The third-order valence-electron chi connectivity index (χ3n) is 2.17. The number of nitrogens with two attached hydrogens (primary N) is 1. The number of aromatic hydroxyl groups is 1. The molecule has 78 valence electrons. The fourth-order valence-electron chi connectivity index (χ4n) is 1.21. The van der Waals surface area contributed by atoms with E-state index in [9.17, 15) is 9.50 Å². The maximum Gasteiger partial charge on any atom is 0.137 e. The summed E-state index contributed by atoms with van der Waals surface area (Å²) in [6, 6.07) is 2.26. The number of hydrogen-bond donors (Lipinski definition) is 2. The highest BCUT2D eigenvalue weighted by molar-refractivity contribution is 9.10. The molecular formula is C10H13BrFNO. The summed E-state index contributed by atoms with van der Waals surface area (Å²) in [6.45, 7) is 3.76. The van der Waals surface area contributed by atoms with Crippen molar-refractivity contribution in [2.75, 3.05) is 0 Å². The number of rotatable bonds is 2. The highest BCUT2D eigenvalue weighted by Gasteiger charge is 2.20. The smallest absolute Gasteiger partial charge is 0.137 e. The van der Waals surface area contributed by atoms with Gasteiger partial charge in [0.1, 0.15) is 11.6 Å². The van der Waals surface area contributed by atoms with E-state index in [1.165, 1.54) is 12.1 Å². The molecule has 0 saturated heterocycles. The van der Waals surface area contributed by atoms with Gasteiger partial charge in [0, 0.05) is 11.6 Å². The molecule has 0 aliphatic heterocycles. The lowest BCUT2D eigenvalue weighted by Gasteiger charge is -2.18. The van der Waals surface area contributed by atoms with Gasteiger partial charge in [-0.15, -0.1) is 0 Å². The summed E-state index contributed by atoms with van der Waals surface area (Å²) in [5, 5.41) is 9.63. The second-order valence-electron chi connectivity index (χ2n) is 3.56. The summed E-state index contributed by atoms with van der Waals surface area (Å²) < 4.78 is 13.8. The Morgan fingerprint density at radius 2 is 2.00 bits per heavy atom. The van der Waals surface area contributed by atoms with E-state index >= 15 is 0 Å². The van der Waals surface area contributed by atoms with Crippen LogP contribution in [-0.4, -0.2) is 5.11 Å². The molecule has 3 N–H and O–H groups in total. The maximum atomic E-state index is 13.4. The maximum absolute atomic E-state index is 13.4. The van der Waals surface area contributed by atoms with Crippen molar-refractivity contribution in [3.8, 4) is 5.75 Å². The van der Waals surface area contributed by atoms with Crippen LogP contribution in [0.5, 0.6) is 5.75 Å². The first-order valence-electron chi connectivity index (χ1n) is 4.37. The van der Waals surface area contributed by atoms with Gasteiger partial charge in [-0.05, 0) is 34.0 Å². The number of benzene rings is 1. The first kappa shape index (κ1) is 11.5. The van der Waals surface area contributed by atoms with Crippen molar-refractivity contribution in [1.82, 2.24) is 0 Å². The van der Waals surface area contributed by atoms with E-state index in [0.29, 0.717) is 4.47 Å². The van der Waals surface area contributed by atoms with Gasteiger partial charge in [-0.3, -0.25) is 0 Å². The van der Waals surface area contributed by atoms with Crippen LogP contribution < -0.4 is 5.73 Å². The Balaban J connectivity index is 3.25. The molecule has 1 aromatic carbocycles. The van der Waals surface area contributed by atoms with Crippen LogP contribution in [0.25, 0.3) is 0 Å². The highest BCUT2D eigenvalue weighted by Crippen LogP contribution is 2.35. The summed E-state index contributed by atoms with van der Waals surface area (Å²) in [5.74, 6) is -0.497. The average molecular weight is 262 g/mol. The van der Waals surface area contributed by atoms with Crippen LogP contribution in [0.3, 0.4) is 0 Å². The minimum absolute atomic E-state index is 0.0738. The van der Waals surface area contributed by atoms with E-state index in [1.54, 1.807) is 0 Å². The van der Waals surface area contributed by atoms with Gasteiger partial charge < -0.3 is 10.8 Å². The summed E-state index contributed by atoms with van der Waals surface area (Å²) >= 11 is 3.13. The predicted octanol–water partition coefficient (Wildman–Crippen LogP) is 2.95. The first-order chi connectivity index (χ1) is 6.45. The third-order valence-corrected chi connectivity index (χ3v) is 2.81. The van der Waals surface area contributed by atoms with Crippen molar-refractivity contribution >= 4 is 15.9 Å². The molecule has 0 spiro atoms. The van der Waals surface area contributed by atoms with Crippen LogP contribution in [0.2, 0.25) is 0 Å². The monoisotopic (exact) mass is 261 g/mol. The SMILES string of the molecule is CC(C)[C@@H](N)c1c(F)ccc(Br)c1O.